The van der Waals surface area contributed by atoms with Crippen LogP contribution in [0.3, 0.4) is 0 Å². The molecule has 1 unspecified atom stereocenters. The summed E-state index contributed by atoms with van der Waals surface area (Å²) in [5.74, 6) is 0.339. The first kappa shape index (κ1) is 19.8. The predicted molar refractivity (Wildman–Crippen MR) is 131 cm³/mol. The van der Waals surface area contributed by atoms with Crippen LogP contribution in [-0.2, 0) is 0 Å². The third kappa shape index (κ3) is 4.33. The summed E-state index contributed by atoms with van der Waals surface area (Å²) >= 11 is 0. The number of nitrogens with zero attached hydrogens (tertiary/aromatic N) is 3. The molecule has 32 heavy (non-hydrogen) atoms. The van der Waals surface area contributed by atoms with Crippen molar-refractivity contribution in [3.8, 4) is 22.3 Å². The van der Waals surface area contributed by atoms with E-state index >= 15 is 0 Å². The molecule has 0 spiro atoms. The van der Waals surface area contributed by atoms with Gasteiger partial charge in [0.1, 0.15) is 0 Å². The van der Waals surface area contributed by atoms with Crippen LogP contribution in [0.4, 0.5) is 0 Å². The molecule has 0 saturated heterocycles. The summed E-state index contributed by atoms with van der Waals surface area (Å²) in [6, 6.07) is 18.8. The smallest absolute Gasteiger partial charge is 0.0346 e. The summed E-state index contributed by atoms with van der Waals surface area (Å²) in [7, 11) is 0. The Kier molecular flexibility index (Phi) is 5.54. The lowest BCUT2D eigenvalue weighted by atomic mass is 9.97. The largest absolute Gasteiger partial charge is 0.264 e. The molecule has 0 N–H and O–H groups in total. The number of pyridine rings is 3. The van der Waals surface area contributed by atoms with E-state index in [1.165, 1.54) is 5.57 Å². The molecule has 3 aromatic heterocycles. The molecule has 5 rings (SSSR count). The molecule has 4 aromatic rings. The Morgan fingerprint density at radius 2 is 1.22 bits per heavy atom. The van der Waals surface area contributed by atoms with Crippen molar-refractivity contribution in [1.29, 1.82) is 0 Å². The van der Waals surface area contributed by atoms with Gasteiger partial charge in [0.2, 0.25) is 0 Å². The van der Waals surface area contributed by atoms with Gasteiger partial charge in [-0.2, -0.15) is 0 Å². The molecule has 1 aliphatic rings. The third-order valence-corrected chi connectivity index (χ3v) is 5.59. The third-order valence-electron chi connectivity index (χ3n) is 5.59. The molecule has 3 nitrogen and oxygen atoms in total. The van der Waals surface area contributed by atoms with E-state index in [4.69, 9.17) is 0 Å². The lowest BCUT2D eigenvalue weighted by Gasteiger charge is -2.09. The molecule has 1 aliphatic carbocycles. The van der Waals surface area contributed by atoms with E-state index in [0.29, 0.717) is 5.92 Å². The lowest BCUT2D eigenvalue weighted by Crippen LogP contribution is -1.89. The highest BCUT2D eigenvalue weighted by Crippen LogP contribution is 2.31. The van der Waals surface area contributed by atoms with Crippen molar-refractivity contribution >= 4 is 11.1 Å². The number of rotatable bonds is 4. The van der Waals surface area contributed by atoms with Gasteiger partial charge in [-0.25, -0.2) is 0 Å². The predicted octanol–water partition coefficient (Wildman–Crippen LogP) is 6.88. The van der Waals surface area contributed by atoms with Crippen LogP contribution < -0.4 is 0 Å². The van der Waals surface area contributed by atoms with E-state index in [0.717, 1.165) is 39.0 Å². The van der Waals surface area contributed by atoms with Gasteiger partial charge in [0.15, 0.2) is 0 Å². The van der Waals surface area contributed by atoms with Gasteiger partial charge in [0.25, 0.3) is 0 Å². The maximum Gasteiger partial charge on any atom is 0.0346 e. The fraction of sp³-hybridized carbons (Fsp3) is 0.0690. The first-order valence-electron chi connectivity index (χ1n) is 10.7. The van der Waals surface area contributed by atoms with Gasteiger partial charge in [-0.15, -0.1) is 0 Å². The number of aromatic nitrogens is 3. The molecule has 0 aliphatic heterocycles. The van der Waals surface area contributed by atoms with Crippen LogP contribution in [0.15, 0.2) is 116 Å². The maximum absolute atomic E-state index is 4.57. The van der Waals surface area contributed by atoms with Gasteiger partial charge >= 0.3 is 0 Å². The van der Waals surface area contributed by atoms with Gasteiger partial charge < -0.3 is 0 Å². The molecular weight excluding hydrogens is 390 g/mol. The Labute approximate surface area is 188 Å². The van der Waals surface area contributed by atoms with Gasteiger partial charge in [-0.1, -0.05) is 55.5 Å². The van der Waals surface area contributed by atoms with Crippen LogP contribution >= 0.6 is 0 Å². The Bertz CT molecular complexity index is 1320. The Hall–Kier alpha value is -4.11. The van der Waals surface area contributed by atoms with E-state index in [9.17, 15) is 0 Å². The average molecular weight is 414 g/mol. The molecular formula is C29H23N3. The minimum absolute atomic E-state index is 0.339. The van der Waals surface area contributed by atoms with Gasteiger partial charge in [-0.05, 0) is 64.1 Å². The lowest BCUT2D eigenvalue weighted by molar-refractivity contribution is 0.945. The molecule has 1 atom stereocenters. The first-order valence-corrected chi connectivity index (χ1v) is 10.7. The highest BCUT2D eigenvalue weighted by Gasteiger charge is 2.10. The Balaban J connectivity index is 1.53. The molecule has 1 aromatic carbocycles. The second kappa shape index (κ2) is 8.94. The van der Waals surface area contributed by atoms with Crippen molar-refractivity contribution in [2.24, 2.45) is 5.92 Å². The zero-order valence-corrected chi connectivity index (χ0v) is 17.9. The van der Waals surface area contributed by atoms with Crippen LogP contribution in [0.25, 0.3) is 33.4 Å². The fourth-order valence-electron chi connectivity index (χ4n) is 3.92. The van der Waals surface area contributed by atoms with Crippen LogP contribution in [0.5, 0.6) is 0 Å². The standard InChI is InChI=1S/C29H23N3/c1-21-9-10-24(15-27(13-21)26-8-4-12-31-18-26)29-16-28(19-32-20-29)23-6-2-5-22(14-23)25-7-3-11-30-17-25/h2-21H,1H3. The SMILES string of the molecule is CC1C=CC(c2cncc(-c3cccc(-c4cccnc4)c3)c2)=CC(c2cccnc2)=C1. The minimum atomic E-state index is 0.339. The Morgan fingerprint density at radius 1 is 0.594 bits per heavy atom. The van der Waals surface area contributed by atoms with Crippen molar-refractivity contribution in [1.82, 2.24) is 15.0 Å². The average Bonchev–Trinajstić information content (AvgIpc) is 3.07. The van der Waals surface area contributed by atoms with E-state index in [1.807, 2.05) is 36.9 Å². The van der Waals surface area contributed by atoms with E-state index in [-0.39, 0.29) is 0 Å². The minimum Gasteiger partial charge on any atom is -0.264 e. The number of benzene rings is 1. The zero-order valence-electron chi connectivity index (χ0n) is 17.9. The van der Waals surface area contributed by atoms with Crippen molar-refractivity contribution in [3.63, 3.8) is 0 Å². The van der Waals surface area contributed by atoms with Crippen molar-refractivity contribution in [2.75, 3.05) is 0 Å². The maximum atomic E-state index is 4.57. The number of hydrogen-bond acceptors (Lipinski definition) is 3. The fourth-order valence-corrected chi connectivity index (χ4v) is 3.92. The summed E-state index contributed by atoms with van der Waals surface area (Å²) in [5.41, 5.74) is 9.00. The second-order valence-electron chi connectivity index (χ2n) is 7.97. The topological polar surface area (TPSA) is 38.7 Å². The van der Waals surface area contributed by atoms with Crippen LogP contribution in [0.1, 0.15) is 18.1 Å². The van der Waals surface area contributed by atoms with E-state index in [2.05, 4.69) is 88.6 Å². The molecule has 3 heterocycles. The highest BCUT2D eigenvalue weighted by molar-refractivity contribution is 5.89. The second-order valence-corrected chi connectivity index (χ2v) is 7.97. The molecule has 0 radical (unpaired) electrons. The van der Waals surface area contributed by atoms with Gasteiger partial charge in [0.05, 0.1) is 0 Å². The molecule has 0 saturated carbocycles. The molecule has 0 bridgehead atoms. The summed E-state index contributed by atoms with van der Waals surface area (Å²) in [6.45, 7) is 2.20. The van der Waals surface area contributed by atoms with Crippen LogP contribution in [0.2, 0.25) is 0 Å². The Morgan fingerprint density at radius 3 is 1.97 bits per heavy atom. The number of hydrogen-bond donors (Lipinski definition) is 0. The molecule has 0 amide bonds. The van der Waals surface area contributed by atoms with Crippen molar-refractivity contribution in [3.05, 3.63) is 127 Å². The monoisotopic (exact) mass is 413 g/mol. The van der Waals surface area contributed by atoms with E-state index < -0.39 is 0 Å². The van der Waals surface area contributed by atoms with Crippen molar-refractivity contribution < 1.29 is 0 Å². The highest BCUT2D eigenvalue weighted by atomic mass is 14.6. The first-order chi connectivity index (χ1) is 15.8. The molecule has 3 heteroatoms. The van der Waals surface area contributed by atoms with Gasteiger partial charge in [-0.3, -0.25) is 15.0 Å². The zero-order chi connectivity index (χ0) is 21.8. The molecule has 154 valence electrons. The summed E-state index contributed by atoms with van der Waals surface area (Å²) in [4.78, 5) is 13.1. The molecule has 0 fully saturated rings. The van der Waals surface area contributed by atoms with Gasteiger partial charge in [0, 0.05) is 53.9 Å². The number of allylic oxidation sites excluding steroid dienone is 6. The quantitative estimate of drug-likeness (QED) is 0.366. The van der Waals surface area contributed by atoms with Crippen molar-refractivity contribution in [2.45, 2.75) is 6.92 Å². The normalized spacial score (nSPS) is 15.6. The van der Waals surface area contributed by atoms with E-state index in [1.54, 1.807) is 12.4 Å². The van der Waals surface area contributed by atoms with Crippen LogP contribution in [0, 0.1) is 5.92 Å². The summed E-state index contributed by atoms with van der Waals surface area (Å²) in [6.07, 6.45) is 20.2. The van der Waals surface area contributed by atoms with Crippen LogP contribution in [-0.4, -0.2) is 15.0 Å². The summed E-state index contributed by atoms with van der Waals surface area (Å²) in [5, 5.41) is 0. The summed E-state index contributed by atoms with van der Waals surface area (Å²) < 4.78 is 0.